The first-order valence-corrected chi connectivity index (χ1v) is 15.5. The van der Waals surface area contributed by atoms with Gasteiger partial charge in [-0.05, 0) is 41.7 Å². The van der Waals surface area contributed by atoms with E-state index in [-0.39, 0.29) is 15.3 Å². The third-order valence-electron chi connectivity index (χ3n) is 5.35. The number of allylic oxidation sites excluding steroid dienone is 2. The molecular weight excluding hydrogens is 348 g/mol. The maximum atomic E-state index is 6.58. The topological polar surface area (TPSA) is 18.5 Å². The quantitative estimate of drug-likeness (QED) is 0.373. The van der Waals surface area contributed by atoms with Crippen molar-refractivity contribution >= 4 is 28.4 Å². The van der Waals surface area contributed by atoms with Gasteiger partial charge in [-0.15, -0.1) is 11.8 Å². The molecule has 0 aromatic rings. The lowest BCUT2D eigenvalue weighted by atomic mass is 10.2. The van der Waals surface area contributed by atoms with Crippen LogP contribution < -0.4 is 0 Å². The maximum Gasteiger partial charge on any atom is 0.254 e. The molecule has 1 aliphatic rings. The molecule has 1 heterocycles. The Kier molecular flexibility index (Phi) is 6.73. The molecule has 0 radical (unpaired) electrons. The predicted molar refractivity (Wildman–Crippen MR) is 114 cm³/mol. The van der Waals surface area contributed by atoms with Crippen molar-refractivity contribution in [3.8, 4) is 0 Å². The molecule has 24 heavy (non-hydrogen) atoms. The number of hydrogen-bond donors (Lipinski definition) is 0. The Hall–Kier alpha value is -0.396. The third kappa shape index (κ3) is 5.85. The van der Waals surface area contributed by atoms with Gasteiger partial charge in [0.05, 0.1) is 5.25 Å². The zero-order valence-electron chi connectivity index (χ0n) is 17.2. The lowest BCUT2D eigenvalue weighted by molar-refractivity contribution is 0.195. The smallest absolute Gasteiger partial charge is 0.254 e. The zero-order chi connectivity index (χ0) is 18.8. The molecule has 1 unspecified atom stereocenters. The molecule has 138 valence electrons. The van der Waals surface area contributed by atoms with E-state index in [9.17, 15) is 0 Å². The van der Waals surface area contributed by atoms with Crippen molar-refractivity contribution in [2.75, 3.05) is 0 Å². The van der Waals surface area contributed by atoms with Gasteiger partial charge in [0, 0.05) is 6.08 Å². The van der Waals surface area contributed by atoms with Gasteiger partial charge in [0.1, 0.15) is 0 Å². The molecule has 5 heteroatoms. The monoisotopic (exact) mass is 384 g/mol. The highest BCUT2D eigenvalue weighted by Gasteiger charge is 2.43. The summed E-state index contributed by atoms with van der Waals surface area (Å²) in [6.07, 6.45) is 8.51. The summed E-state index contributed by atoms with van der Waals surface area (Å²) in [5, 5.41) is 2.70. The summed E-state index contributed by atoms with van der Waals surface area (Å²) in [5.74, 6) is 0.741. The van der Waals surface area contributed by atoms with Gasteiger partial charge in [-0.25, -0.2) is 0 Å². The zero-order valence-corrected chi connectivity index (χ0v) is 20.0. The Balaban J connectivity index is 3.11. The molecule has 0 amide bonds. The Labute approximate surface area is 156 Å². The van der Waals surface area contributed by atoms with Gasteiger partial charge in [0.25, 0.3) is 16.6 Å². The number of thioether (sulfide) groups is 1. The van der Waals surface area contributed by atoms with Crippen LogP contribution in [0.3, 0.4) is 0 Å². The molecule has 0 N–H and O–H groups in total. The molecular formula is C19H36O2SSi2. The highest BCUT2D eigenvalue weighted by atomic mass is 32.2. The minimum Gasteiger partial charge on any atom is -0.520 e. The first kappa shape index (κ1) is 21.6. The van der Waals surface area contributed by atoms with Gasteiger partial charge in [-0.1, -0.05) is 59.8 Å². The number of hydrogen-bond acceptors (Lipinski definition) is 3. The minimum absolute atomic E-state index is 0.151. The summed E-state index contributed by atoms with van der Waals surface area (Å²) in [4.78, 5) is 0. The van der Waals surface area contributed by atoms with Crippen molar-refractivity contribution in [3.05, 3.63) is 35.7 Å². The largest absolute Gasteiger partial charge is 0.520 e. The van der Waals surface area contributed by atoms with Crippen molar-refractivity contribution in [3.63, 3.8) is 0 Å². The standard InChI is InChI=1S/C19H36O2SSi2/c1-18(2,3)23(7,8)20-17(15-16-13-11-12-14-22-16)21-24(9,10)19(4,5)6/h11-16H,1-10H3. The van der Waals surface area contributed by atoms with E-state index in [1.807, 2.05) is 0 Å². The van der Waals surface area contributed by atoms with Crippen LogP contribution in [-0.4, -0.2) is 21.9 Å². The van der Waals surface area contributed by atoms with Crippen LogP contribution in [0.2, 0.25) is 36.3 Å². The first-order chi connectivity index (χ1) is 10.7. The van der Waals surface area contributed by atoms with Gasteiger partial charge in [-0.2, -0.15) is 0 Å². The van der Waals surface area contributed by atoms with E-state index in [0.717, 1.165) is 5.95 Å². The Morgan fingerprint density at radius 1 is 0.875 bits per heavy atom. The normalized spacial score (nSPS) is 19.2. The Morgan fingerprint density at radius 3 is 1.67 bits per heavy atom. The van der Waals surface area contributed by atoms with Gasteiger partial charge >= 0.3 is 0 Å². The third-order valence-corrected chi connectivity index (χ3v) is 14.9. The average Bonchev–Trinajstić information content (AvgIpc) is 2.35. The summed E-state index contributed by atoms with van der Waals surface area (Å²) in [5.41, 5.74) is 0. The van der Waals surface area contributed by atoms with E-state index < -0.39 is 16.6 Å². The molecule has 0 saturated heterocycles. The van der Waals surface area contributed by atoms with Crippen LogP contribution in [0.1, 0.15) is 41.5 Å². The van der Waals surface area contributed by atoms with Gasteiger partial charge in [0.2, 0.25) is 5.95 Å². The van der Waals surface area contributed by atoms with Crippen molar-refractivity contribution in [1.82, 2.24) is 0 Å². The molecule has 0 saturated carbocycles. The molecule has 0 spiro atoms. The van der Waals surface area contributed by atoms with Crippen molar-refractivity contribution in [2.24, 2.45) is 0 Å². The molecule has 0 aliphatic carbocycles. The maximum absolute atomic E-state index is 6.58. The van der Waals surface area contributed by atoms with E-state index in [1.54, 1.807) is 11.8 Å². The van der Waals surface area contributed by atoms with E-state index >= 15 is 0 Å². The van der Waals surface area contributed by atoms with Crippen LogP contribution >= 0.6 is 11.8 Å². The van der Waals surface area contributed by atoms with E-state index in [0.29, 0.717) is 0 Å². The van der Waals surface area contributed by atoms with Gasteiger partial charge in [0.15, 0.2) is 0 Å². The van der Waals surface area contributed by atoms with Gasteiger partial charge < -0.3 is 8.85 Å². The average molecular weight is 385 g/mol. The first-order valence-electron chi connectivity index (χ1n) is 8.74. The highest BCUT2D eigenvalue weighted by Crippen LogP contribution is 2.42. The Morgan fingerprint density at radius 2 is 1.33 bits per heavy atom. The van der Waals surface area contributed by atoms with Crippen LogP contribution in [0.25, 0.3) is 0 Å². The summed E-state index contributed by atoms with van der Waals surface area (Å²) >= 11 is 1.79. The van der Waals surface area contributed by atoms with Gasteiger partial charge in [-0.3, -0.25) is 0 Å². The van der Waals surface area contributed by atoms with Crippen LogP contribution in [0.5, 0.6) is 0 Å². The molecule has 0 bridgehead atoms. The second kappa shape index (κ2) is 7.46. The van der Waals surface area contributed by atoms with Crippen LogP contribution in [-0.2, 0) is 8.85 Å². The lowest BCUT2D eigenvalue weighted by Crippen LogP contribution is -2.45. The van der Waals surface area contributed by atoms with E-state index in [1.165, 1.54) is 0 Å². The molecule has 1 atom stereocenters. The molecule has 0 aromatic heterocycles. The lowest BCUT2D eigenvalue weighted by Gasteiger charge is -2.41. The Bertz CT molecular complexity index is 490. The van der Waals surface area contributed by atoms with Crippen LogP contribution in [0, 0.1) is 0 Å². The van der Waals surface area contributed by atoms with E-state index in [2.05, 4.69) is 97.4 Å². The van der Waals surface area contributed by atoms with Crippen LogP contribution in [0.15, 0.2) is 35.7 Å². The van der Waals surface area contributed by atoms with Crippen LogP contribution in [0.4, 0.5) is 0 Å². The summed E-state index contributed by atoms with van der Waals surface area (Å²) in [7, 11) is -3.87. The van der Waals surface area contributed by atoms with Crippen molar-refractivity contribution in [1.29, 1.82) is 0 Å². The fourth-order valence-electron chi connectivity index (χ4n) is 1.53. The predicted octanol–water partition coefficient (Wildman–Crippen LogP) is 7.06. The molecule has 0 aromatic carbocycles. The molecule has 1 rings (SSSR count). The second-order valence-electron chi connectivity index (χ2n) is 9.52. The summed E-state index contributed by atoms with van der Waals surface area (Å²) < 4.78 is 13.2. The SMILES string of the molecule is CC(C)(C)[Si](C)(C)OC(=CC1C=CC=CS1)O[Si](C)(C)C(C)(C)C. The fourth-order valence-corrected chi connectivity index (χ4v) is 4.18. The number of rotatable bonds is 5. The summed E-state index contributed by atoms with van der Waals surface area (Å²) in [6.45, 7) is 22.7. The molecule has 2 nitrogen and oxygen atoms in total. The minimum atomic E-state index is -1.93. The molecule has 1 aliphatic heterocycles. The van der Waals surface area contributed by atoms with E-state index in [4.69, 9.17) is 8.85 Å². The van der Waals surface area contributed by atoms with Crippen molar-refractivity contribution in [2.45, 2.75) is 83.1 Å². The fraction of sp³-hybridized carbons (Fsp3) is 0.684. The highest BCUT2D eigenvalue weighted by molar-refractivity contribution is 8.03. The molecule has 0 fully saturated rings. The second-order valence-corrected chi connectivity index (χ2v) is 20.1. The summed E-state index contributed by atoms with van der Waals surface area (Å²) in [6, 6.07) is 0. The van der Waals surface area contributed by atoms with Crippen molar-refractivity contribution < 1.29 is 8.85 Å².